The molecule has 0 saturated carbocycles. The van der Waals surface area contributed by atoms with E-state index in [1.54, 1.807) is 0 Å². The van der Waals surface area contributed by atoms with Gasteiger partial charge in [0.15, 0.2) is 0 Å². The van der Waals surface area contributed by atoms with Crippen molar-refractivity contribution in [3.05, 3.63) is 35.5 Å². The minimum atomic E-state index is 0.120. The van der Waals surface area contributed by atoms with E-state index in [-0.39, 0.29) is 5.84 Å². The number of fused-ring (bicyclic) bond motifs is 1. The molecule has 0 aliphatic heterocycles. The van der Waals surface area contributed by atoms with Crippen molar-refractivity contribution in [2.24, 2.45) is 5.73 Å². The molecule has 0 amide bonds. The highest BCUT2D eigenvalue weighted by Gasteiger charge is 2.08. The van der Waals surface area contributed by atoms with Crippen molar-refractivity contribution >= 4 is 16.7 Å². The number of amidine groups is 1. The van der Waals surface area contributed by atoms with Crippen LogP contribution in [0.4, 0.5) is 0 Å². The van der Waals surface area contributed by atoms with Crippen LogP contribution in [0.1, 0.15) is 11.3 Å². The number of hydrogen-bond acceptors (Lipinski definition) is 1. The van der Waals surface area contributed by atoms with Gasteiger partial charge in [-0.2, -0.15) is 0 Å². The van der Waals surface area contributed by atoms with Crippen LogP contribution in [0.15, 0.2) is 24.3 Å². The molecule has 1 heterocycles. The predicted octanol–water partition coefficient (Wildman–Crippen LogP) is 1.76. The quantitative estimate of drug-likeness (QED) is 0.446. The van der Waals surface area contributed by atoms with Gasteiger partial charge in [-0.3, -0.25) is 5.41 Å². The van der Waals surface area contributed by atoms with Gasteiger partial charge in [-0.25, -0.2) is 0 Å². The van der Waals surface area contributed by atoms with E-state index in [1.807, 2.05) is 31.2 Å². The van der Waals surface area contributed by atoms with Gasteiger partial charge in [0.25, 0.3) is 0 Å². The van der Waals surface area contributed by atoms with Crippen LogP contribution in [-0.2, 0) is 0 Å². The van der Waals surface area contributed by atoms with Gasteiger partial charge in [-0.1, -0.05) is 18.2 Å². The number of hydrogen-bond donors (Lipinski definition) is 3. The van der Waals surface area contributed by atoms with Gasteiger partial charge in [0.1, 0.15) is 5.84 Å². The number of para-hydroxylation sites is 1. The third-order valence-electron chi connectivity index (χ3n) is 2.16. The van der Waals surface area contributed by atoms with Crippen LogP contribution in [0.3, 0.4) is 0 Å². The molecule has 0 atom stereocenters. The summed E-state index contributed by atoms with van der Waals surface area (Å²) in [6.45, 7) is 1.93. The van der Waals surface area contributed by atoms with Gasteiger partial charge in [0.2, 0.25) is 0 Å². The molecule has 13 heavy (non-hydrogen) atoms. The number of nitrogen functional groups attached to an aromatic ring is 1. The largest absolute Gasteiger partial charge is 0.384 e. The number of aromatic amines is 1. The predicted molar refractivity (Wildman–Crippen MR) is 54.1 cm³/mol. The average Bonchev–Trinajstić information content (AvgIpc) is 2.39. The Morgan fingerprint density at radius 3 is 2.77 bits per heavy atom. The molecule has 0 aliphatic carbocycles. The van der Waals surface area contributed by atoms with Gasteiger partial charge < -0.3 is 10.7 Å². The van der Waals surface area contributed by atoms with E-state index < -0.39 is 0 Å². The standard InChI is InChI=1S/C10H11N3/c1-6-9(10(11)12)7-4-2-3-5-8(7)13-6/h2-5,13H,1H3,(H3,11,12). The maximum Gasteiger partial charge on any atom is 0.125 e. The summed E-state index contributed by atoms with van der Waals surface area (Å²) in [4.78, 5) is 3.19. The van der Waals surface area contributed by atoms with E-state index in [0.29, 0.717) is 0 Å². The van der Waals surface area contributed by atoms with E-state index in [4.69, 9.17) is 11.1 Å². The highest BCUT2D eigenvalue weighted by atomic mass is 14.8. The maximum absolute atomic E-state index is 7.43. The van der Waals surface area contributed by atoms with Crippen molar-refractivity contribution in [2.75, 3.05) is 0 Å². The molecule has 0 bridgehead atoms. The molecule has 2 rings (SSSR count). The molecule has 0 fully saturated rings. The summed E-state index contributed by atoms with van der Waals surface area (Å²) < 4.78 is 0. The lowest BCUT2D eigenvalue weighted by Crippen LogP contribution is -2.11. The molecule has 0 aliphatic rings. The first-order chi connectivity index (χ1) is 6.20. The zero-order valence-corrected chi connectivity index (χ0v) is 7.39. The smallest absolute Gasteiger partial charge is 0.125 e. The minimum Gasteiger partial charge on any atom is -0.384 e. The van der Waals surface area contributed by atoms with Crippen LogP contribution in [0, 0.1) is 12.3 Å². The van der Waals surface area contributed by atoms with Crippen LogP contribution < -0.4 is 5.73 Å². The molecule has 1 aromatic carbocycles. The third-order valence-corrected chi connectivity index (χ3v) is 2.16. The Kier molecular flexibility index (Phi) is 1.59. The molecule has 0 saturated heterocycles. The van der Waals surface area contributed by atoms with Crippen LogP contribution in [-0.4, -0.2) is 10.8 Å². The molecule has 66 valence electrons. The normalized spacial score (nSPS) is 10.5. The second-order valence-electron chi connectivity index (χ2n) is 3.08. The number of H-pyrrole nitrogens is 1. The van der Waals surface area contributed by atoms with Crippen molar-refractivity contribution < 1.29 is 0 Å². The molecule has 0 unspecified atom stereocenters. The summed E-state index contributed by atoms with van der Waals surface area (Å²) >= 11 is 0. The Morgan fingerprint density at radius 1 is 1.38 bits per heavy atom. The fourth-order valence-electron chi connectivity index (χ4n) is 1.62. The number of benzene rings is 1. The van der Waals surface area contributed by atoms with Crippen LogP contribution in [0.2, 0.25) is 0 Å². The molecule has 3 heteroatoms. The topological polar surface area (TPSA) is 65.7 Å². The van der Waals surface area contributed by atoms with Gasteiger partial charge in [-0.15, -0.1) is 0 Å². The zero-order chi connectivity index (χ0) is 9.42. The van der Waals surface area contributed by atoms with Gasteiger partial charge in [0, 0.05) is 22.2 Å². The Hall–Kier alpha value is -1.77. The highest BCUT2D eigenvalue weighted by Crippen LogP contribution is 2.20. The fraction of sp³-hybridized carbons (Fsp3) is 0.100. The van der Waals surface area contributed by atoms with Gasteiger partial charge >= 0.3 is 0 Å². The Morgan fingerprint density at radius 2 is 2.08 bits per heavy atom. The molecule has 0 radical (unpaired) electrons. The highest BCUT2D eigenvalue weighted by molar-refractivity contribution is 6.08. The Bertz CT molecular complexity index is 468. The second kappa shape index (κ2) is 2.62. The summed E-state index contributed by atoms with van der Waals surface area (Å²) in [6, 6.07) is 7.86. The molecule has 3 nitrogen and oxygen atoms in total. The first kappa shape index (κ1) is 7.86. The van der Waals surface area contributed by atoms with E-state index in [9.17, 15) is 0 Å². The number of nitrogens with one attached hydrogen (secondary N) is 2. The van der Waals surface area contributed by atoms with Crippen molar-refractivity contribution in [3.63, 3.8) is 0 Å². The molecular weight excluding hydrogens is 162 g/mol. The Balaban J connectivity index is 2.86. The molecule has 1 aromatic heterocycles. The van der Waals surface area contributed by atoms with Crippen LogP contribution in [0.5, 0.6) is 0 Å². The van der Waals surface area contributed by atoms with Gasteiger partial charge in [0.05, 0.1) is 0 Å². The minimum absolute atomic E-state index is 0.120. The molecular formula is C10H11N3. The third kappa shape index (κ3) is 1.09. The lowest BCUT2D eigenvalue weighted by molar-refractivity contribution is 1.28. The van der Waals surface area contributed by atoms with E-state index >= 15 is 0 Å². The van der Waals surface area contributed by atoms with Crippen molar-refractivity contribution in [1.29, 1.82) is 5.41 Å². The first-order valence-corrected chi connectivity index (χ1v) is 4.12. The van der Waals surface area contributed by atoms with Crippen LogP contribution >= 0.6 is 0 Å². The molecule has 2 aromatic rings. The monoisotopic (exact) mass is 173 g/mol. The lowest BCUT2D eigenvalue weighted by Gasteiger charge is -1.95. The number of aromatic nitrogens is 1. The Labute approximate surface area is 76.1 Å². The van der Waals surface area contributed by atoms with Gasteiger partial charge in [-0.05, 0) is 13.0 Å². The summed E-state index contributed by atoms with van der Waals surface area (Å²) in [5.74, 6) is 0.120. The number of aryl methyl sites for hydroxylation is 1. The van der Waals surface area contributed by atoms with E-state index in [1.165, 1.54) is 0 Å². The summed E-state index contributed by atoms with van der Waals surface area (Å²) in [7, 11) is 0. The van der Waals surface area contributed by atoms with Crippen LogP contribution in [0.25, 0.3) is 10.9 Å². The maximum atomic E-state index is 7.43. The number of rotatable bonds is 1. The SMILES string of the molecule is Cc1[nH]c2ccccc2c1C(=N)N. The van der Waals surface area contributed by atoms with E-state index in [2.05, 4.69) is 4.98 Å². The molecule has 0 spiro atoms. The molecule has 4 N–H and O–H groups in total. The second-order valence-corrected chi connectivity index (χ2v) is 3.08. The lowest BCUT2D eigenvalue weighted by atomic mass is 10.1. The fourth-order valence-corrected chi connectivity index (χ4v) is 1.62. The first-order valence-electron chi connectivity index (χ1n) is 4.12. The zero-order valence-electron chi connectivity index (χ0n) is 7.39. The number of nitrogens with two attached hydrogens (primary N) is 1. The van der Waals surface area contributed by atoms with Crippen molar-refractivity contribution in [3.8, 4) is 0 Å². The average molecular weight is 173 g/mol. The van der Waals surface area contributed by atoms with Crippen molar-refractivity contribution in [2.45, 2.75) is 6.92 Å². The summed E-state index contributed by atoms with van der Waals surface area (Å²) in [5, 5.41) is 8.45. The summed E-state index contributed by atoms with van der Waals surface area (Å²) in [6.07, 6.45) is 0. The van der Waals surface area contributed by atoms with E-state index in [0.717, 1.165) is 22.2 Å². The van der Waals surface area contributed by atoms with Crippen molar-refractivity contribution in [1.82, 2.24) is 4.98 Å². The summed E-state index contributed by atoms with van der Waals surface area (Å²) in [5.41, 5.74) is 8.29.